The zero-order chi connectivity index (χ0) is 29.7. The summed E-state index contributed by atoms with van der Waals surface area (Å²) in [6, 6.07) is 16.8. The first-order chi connectivity index (χ1) is 19.5. The van der Waals surface area contributed by atoms with Gasteiger partial charge in [-0.25, -0.2) is 4.79 Å². The third kappa shape index (κ3) is 7.11. The number of hydrogen-bond donors (Lipinski definition) is 1. The van der Waals surface area contributed by atoms with Crippen molar-refractivity contribution in [3.8, 4) is 11.5 Å². The predicted octanol–water partition coefficient (Wildman–Crippen LogP) is 4.91. The fraction of sp³-hybridized carbons (Fsp3) is 0.214. The summed E-state index contributed by atoms with van der Waals surface area (Å²) in [5.74, 6) is -1.30. The molecule has 13 heteroatoms. The van der Waals surface area contributed by atoms with Crippen LogP contribution in [0.1, 0.15) is 22.3 Å². The molecule has 1 fully saturated rings. The molecule has 0 radical (unpaired) electrons. The number of halogens is 3. The van der Waals surface area contributed by atoms with Crippen LogP contribution in [0.15, 0.2) is 72.8 Å². The van der Waals surface area contributed by atoms with E-state index in [2.05, 4.69) is 14.8 Å². The van der Waals surface area contributed by atoms with E-state index in [0.717, 1.165) is 12.1 Å². The number of anilines is 2. The van der Waals surface area contributed by atoms with Crippen LogP contribution in [0.2, 0.25) is 0 Å². The molecule has 1 aliphatic rings. The van der Waals surface area contributed by atoms with E-state index in [-0.39, 0.29) is 18.1 Å². The van der Waals surface area contributed by atoms with Crippen molar-refractivity contribution in [1.82, 2.24) is 4.90 Å². The Hall–Kier alpha value is -4.65. The zero-order valence-electron chi connectivity index (χ0n) is 21.8. The van der Waals surface area contributed by atoms with Gasteiger partial charge in [-0.1, -0.05) is 12.1 Å². The lowest BCUT2D eigenvalue weighted by Gasteiger charge is -2.24. The molecule has 2 amide bonds. The van der Waals surface area contributed by atoms with E-state index < -0.39 is 35.9 Å². The average Bonchev–Trinajstić information content (AvgIpc) is 3.17. The van der Waals surface area contributed by atoms with Crippen molar-refractivity contribution >= 4 is 46.5 Å². The molecular formula is C28H24F3N3O6S. The van der Waals surface area contributed by atoms with Gasteiger partial charge in [-0.2, -0.15) is 0 Å². The third-order valence-electron chi connectivity index (χ3n) is 6.13. The number of ether oxygens (including phenoxy) is 3. The first-order valence-corrected chi connectivity index (χ1v) is 12.5. The first kappa shape index (κ1) is 29.3. The van der Waals surface area contributed by atoms with Crippen molar-refractivity contribution in [2.75, 3.05) is 24.4 Å². The minimum Gasteiger partial charge on any atom is -0.497 e. The number of nitrogens with zero attached hydrogens (tertiary/aromatic N) is 2. The van der Waals surface area contributed by atoms with Crippen LogP contribution in [0, 0.1) is 0 Å². The average molecular weight is 588 g/mol. The maximum Gasteiger partial charge on any atom is 0.573 e. The molecule has 4 rings (SSSR count). The molecule has 3 aromatic carbocycles. The number of rotatable bonds is 9. The molecule has 214 valence electrons. The number of nitrogens with one attached hydrogen (secondary N) is 1. The Kier molecular flexibility index (Phi) is 8.77. The molecule has 9 nitrogen and oxygen atoms in total. The highest BCUT2D eigenvalue weighted by Gasteiger charge is 2.44. The Labute approximate surface area is 238 Å². The Morgan fingerprint density at radius 1 is 0.927 bits per heavy atom. The highest BCUT2D eigenvalue weighted by Crippen LogP contribution is 2.31. The number of carbonyl (C=O) groups is 3. The summed E-state index contributed by atoms with van der Waals surface area (Å²) in [5.41, 5.74) is 1.69. The van der Waals surface area contributed by atoms with E-state index >= 15 is 0 Å². The summed E-state index contributed by atoms with van der Waals surface area (Å²) in [4.78, 5) is 41.1. The van der Waals surface area contributed by atoms with E-state index in [0.29, 0.717) is 28.3 Å². The van der Waals surface area contributed by atoms with Crippen molar-refractivity contribution in [3.63, 3.8) is 0 Å². The first-order valence-electron chi connectivity index (χ1n) is 12.1. The Balaban J connectivity index is 1.56. The lowest BCUT2D eigenvalue weighted by molar-refractivity contribution is -0.274. The number of esters is 1. The van der Waals surface area contributed by atoms with Gasteiger partial charge in [-0.15, -0.1) is 13.2 Å². The molecular weight excluding hydrogens is 563 g/mol. The second kappa shape index (κ2) is 12.3. The lowest BCUT2D eigenvalue weighted by atomic mass is 10.1. The minimum atomic E-state index is -4.83. The summed E-state index contributed by atoms with van der Waals surface area (Å²) < 4.78 is 51.4. The van der Waals surface area contributed by atoms with Gasteiger partial charge in [-0.05, 0) is 78.4 Å². The molecule has 3 aromatic rings. The van der Waals surface area contributed by atoms with Crippen molar-refractivity contribution in [2.45, 2.75) is 25.4 Å². The van der Waals surface area contributed by atoms with Crippen molar-refractivity contribution in [3.05, 3.63) is 83.9 Å². The maximum absolute atomic E-state index is 13.6. The number of benzene rings is 3. The van der Waals surface area contributed by atoms with Crippen molar-refractivity contribution < 1.29 is 41.8 Å². The molecule has 41 heavy (non-hydrogen) atoms. The van der Waals surface area contributed by atoms with E-state index in [9.17, 15) is 27.6 Å². The van der Waals surface area contributed by atoms with Gasteiger partial charge in [0.25, 0.3) is 5.91 Å². The van der Waals surface area contributed by atoms with Crippen LogP contribution in [-0.2, 0) is 20.9 Å². The number of amides is 2. The molecule has 0 aromatic heterocycles. The van der Waals surface area contributed by atoms with Crippen LogP contribution in [0.25, 0.3) is 0 Å². The number of carbonyl (C=O) groups excluding carboxylic acids is 3. The third-order valence-corrected chi connectivity index (χ3v) is 6.54. The summed E-state index contributed by atoms with van der Waals surface area (Å²) in [7, 11) is 2.76. The Bertz CT molecular complexity index is 1430. The molecule has 1 aliphatic heterocycles. The highest BCUT2D eigenvalue weighted by atomic mass is 32.1. The van der Waals surface area contributed by atoms with Gasteiger partial charge < -0.3 is 24.4 Å². The fourth-order valence-corrected chi connectivity index (χ4v) is 4.56. The maximum atomic E-state index is 13.6. The molecule has 1 N–H and O–H groups in total. The fourth-order valence-electron chi connectivity index (χ4n) is 4.17. The SMILES string of the molecule is COC(=O)c1ccc(NC(=O)CC2C(=O)N(c3ccc(OC)cc3)C(=S)N2Cc2ccc(OC(F)(F)F)cc2)cc1. The lowest BCUT2D eigenvalue weighted by Crippen LogP contribution is -2.37. The molecule has 1 heterocycles. The molecule has 0 aliphatic carbocycles. The van der Waals surface area contributed by atoms with Gasteiger partial charge in [0.2, 0.25) is 5.91 Å². The van der Waals surface area contributed by atoms with E-state index in [1.807, 2.05) is 0 Å². The van der Waals surface area contributed by atoms with Gasteiger partial charge in [0.1, 0.15) is 17.5 Å². The van der Waals surface area contributed by atoms with Crippen LogP contribution >= 0.6 is 12.2 Å². The van der Waals surface area contributed by atoms with Crippen LogP contribution in [-0.4, -0.2) is 54.4 Å². The summed E-state index contributed by atoms with van der Waals surface area (Å²) in [6.45, 7) is 0.0370. The molecule has 1 unspecified atom stereocenters. The van der Waals surface area contributed by atoms with Crippen LogP contribution in [0.3, 0.4) is 0 Å². The second-order valence-electron chi connectivity index (χ2n) is 8.81. The normalized spacial score (nSPS) is 15.1. The smallest absolute Gasteiger partial charge is 0.497 e. The molecule has 0 spiro atoms. The van der Waals surface area contributed by atoms with Crippen molar-refractivity contribution in [2.24, 2.45) is 0 Å². The Morgan fingerprint density at radius 2 is 1.54 bits per heavy atom. The van der Waals surface area contributed by atoms with Crippen molar-refractivity contribution in [1.29, 1.82) is 0 Å². The quantitative estimate of drug-likeness (QED) is 0.279. The topological polar surface area (TPSA) is 97.4 Å². The molecule has 0 saturated carbocycles. The van der Waals surface area contributed by atoms with E-state index in [1.165, 1.54) is 55.5 Å². The summed E-state index contributed by atoms with van der Waals surface area (Å²) >= 11 is 5.64. The van der Waals surface area contributed by atoms with Gasteiger partial charge in [0.15, 0.2) is 5.11 Å². The Morgan fingerprint density at radius 3 is 2.10 bits per heavy atom. The van der Waals surface area contributed by atoms with Gasteiger partial charge in [0, 0.05) is 12.2 Å². The zero-order valence-corrected chi connectivity index (χ0v) is 22.6. The van der Waals surface area contributed by atoms with Crippen LogP contribution < -0.4 is 19.7 Å². The van der Waals surface area contributed by atoms with Gasteiger partial charge in [0.05, 0.1) is 31.9 Å². The van der Waals surface area contributed by atoms with Gasteiger partial charge in [-0.3, -0.25) is 14.5 Å². The second-order valence-corrected chi connectivity index (χ2v) is 9.18. The van der Waals surface area contributed by atoms with Crippen LogP contribution in [0.4, 0.5) is 24.5 Å². The molecule has 1 saturated heterocycles. The van der Waals surface area contributed by atoms with Gasteiger partial charge >= 0.3 is 12.3 Å². The summed E-state index contributed by atoms with van der Waals surface area (Å²) in [6.07, 6.45) is -5.11. The van der Waals surface area contributed by atoms with E-state index in [1.54, 1.807) is 29.2 Å². The highest BCUT2D eigenvalue weighted by molar-refractivity contribution is 7.80. The number of hydrogen-bond acceptors (Lipinski definition) is 7. The predicted molar refractivity (Wildman–Crippen MR) is 147 cm³/mol. The van der Waals surface area contributed by atoms with Crippen LogP contribution in [0.5, 0.6) is 11.5 Å². The summed E-state index contributed by atoms with van der Waals surface area (Å²) in [5, 5.41) is 2.82. The number of methoxy groups -OCH3 is 2. The molecule has 1 atom stereocenters. The largest absolute Gasteiger partial charge is 0.573 e. The monoisotopic (exact) mass is 587 g/mol. The number of alkyl halides is 3. The molecule has 0 bridgehead atoms. The number of thiocarbonyl (C=S) groups is 1. The minimum absolute atomic E-state index is 0.0370. The van der Waals surface area contributed by atoms with E-state index in [4.69, 9.17) is 17.0 Å². The standard InChI is InChI=1S/C28H24F3N3O6S/c1-38-21-13-9-20(10-14-21)34-25(36)23(15-24(35)32-19-7-5-18(6-8-19)26(37)39-2)33(27(34)41)16-17-3-11-22(12-4-17)40-28(29,30)31/h3-14,23H,15-16H2,1-2H3,(H,32,35).